The normalized spacial score (nSPS) is 29.7. The zero-order valence-corrected chi connectivity index (χ0v) is 14.7. The second-order valence-electron chi connectivity index (χ2n) is 7.08. The summed E-state index contributed by atoms with van der Waals surface area (Å²) < 4.78 is 11.4. The van der Waals surface area contributed by atoms with E-state index in [1.54, 1.807) is 6.92 Å². The largest absolute Gasteiger partial charge is 0.479 e. The Morgan fingerprint density at radius 1 is 1.11 bits per heavy atom. The van der Waals surface area contributed by atoms with Gasteiger partial charge in [0.05, 0.1) is 12.7 Å². The highest BCUT2D eigenvalue weighted by Crippen LogP contribution is 2.71. The molecule has 4 atom stereocenters. The van der Waals surface area contributed by atoms with Gasteiger partial charge in [0.2, 0.25) is 0 Å². The Hall–Kier alpha value is -2.92. The van der Waals surface area contributed by atoms with E-state index in [1.165, 1.54) is 0 Å². The molecule has 2 aromatic carbocycles. The molecule has 0 saturated carbocycles. The molecular weight excluding hydrogens is 344 g/mol. The van der Waals surface area contributed by atoms with Crippen LogP contribution >= 0.6 is 0 Å². The maximum atomic E-state index is 12.7. The summed E-state index contributed by atoms with van der Waals surface area (Å²) in [5.74, 6) is -2.10. The number of aliphatic carboxylic acids is 1. The zero-order valence-electron chi connectivity index (χ0n) is 14.7. The van der Waals surface area contributed by atoms with Crippen molar-refractivity contribution in [2.75, 3.05) is 6.61 Å². The number of carboxylic acids is 1. The van der Waals surface area contributed by atoms with Crippen LogP contribution in [0.15, 0.2) is 60.2 Å². The predicted octanol–water partition coefficient (Wildman–Crippen LogP) is 3.31. The van der Waals surface area contributed by atoms with Gasteiger partial charge in [-0.25, -0.2) is 9.59 Å². The molecule has 0 radical (unpaired) electrons. The molecule has 2 bridgehead atoms. The average molecular weight is 362 g/mol. The number of esters is 1. The Morgan fingerprint density at radius 2 is 1.81 bits per heavy atom. The van der Waals surface area contributed by atoms with Crippen molar-refractivity contribution < 1.29 is 24.2 Å². The van der Waals surface area contributed by atoms with E-state index in [9.17, 15) is 14.7 Å². The monoisotopic (exact) mass is 362 g/mol. The van der Waals surface area contributed by atoms with Crippen molar-refractivity contribution in [3.63, 3.8) is 0 Å². The summed E-state index contributed by atoms with van der Waals surface area (Å²) in [4.78, 5) is 25.2. The minimum atomic E-state index is -1.45. The lowest BCUT2D eigenvalue weighted by atomic mass is 9.54. The summed E-state index contributed by atoms with van der Waals surface area (Å²) in [6.45, 7) is 2.04. The van der Waals surface area contributed by atoms with Gasteiger partial charge in [-0.1, -0.05) is 54.6 Å². The molecule has 5 rings (SSSR count). The lowest BCUT2D eigenvalue weighted by molar-refractivity contribution is -0.165. The van der Waals surface area contributed by atoms with E-state index in [0.29, 0.717) is 11.1 Å². The molecule has 5 heteroatoms. The van der Waals surface area contributed by atoms with Gasteiger partial charge in [0.25, 0.3) is 0 Å². The van der Waals surface area contributed by atoms with E-state index < -0.39 is 23.6 Å². The molecule has 2 heterocycles. The summed E-state index contributed by atoms with van der Waals surface area (Å²) >= 11 is 0. The van der Waals surface area contributed by atoms with Crippen LogP contribution in [0.25, 0.3) is 5.57 Å². The van der Waals surface area contributed by atoms with Crippen LogP contribution < -0.4 is 0 Å². The number of hydrogen-bond donors (Lipinski definition) is 1. The van der Waals surface area contributed by atoms with Crippen molar-refractivity contribution in [1.29, 1.82) is 0 Å². The predicted molar refractivity (Wildman–Crippen MR) is 96.6 cm³/mol. The van der Waals surface area contributed by atoms with Gasteiger partial charge in [-0.05, 0) is 23.6 Å². The molecule has 3 aliphatic rings. The molecule has 1 N–H and O–H groups in total. The Bertz CT molecular complexity index is 993. The van der Waals surface area contributed by atoms with Crippen molar-refractivity contribution in [3.8, 4) is 0 Å². The number of carbonyl (C=O) groups excluding carboxylic acids is 1. The smallest absolute Gasteiger partial charge is 0.341 e. The van der Waals surface area contributed by atoms with Crippen LogP contribution in [0.4, 0.5) is 0 Å². The van der Waals surface area contributed by atoms with Crippen LogP contribution in [0.1, 0.15) is 29.7 Å². The van der Waals surface area contributed by atoms with Crippen molar-refractivity contribution in [2.24, 2.45) is 11.8 Å². The molecule has 5 nitrogen and oxygen atoms in total. The molecule has 1 saturated heterocycles. The van der Waals surface area contributed by atoms with Crippen LogP contribution in [0.2, 0.25) is 0 Å². The van der Waals surface area contributed by atoms with E-state index in [0.717, 1.165) is 16.7 Å². The third-order valence-corrected chi connectivity index (χ3v) is 5.94. The van der Waals surface area contributed by atoms with Crippen molar-refractivity contribution >= 4 is 17.5 Å². The van der Waals surface area contributed by atoms with Gasteiger partial charge in [-0.15, -0.1) is 0 Å². The van der Waals surface area contributed by atoms with Gasteiger partial charge in [0, 0.05) is 23.0 Å². The third kappa shape index (κ3) is 1.87. The van der Waals surface area contributed by atoms with Gasteiger partial charge in [-0.3, -0.25) is 0 Å². The number of carboxylic acid groups (broad SMARTS) is 1. The first-order chi connectivity index (χ1) is 13.1. The van der Waals surface area contributed by atoms with Gasteiger partial charge < -0.3 is 14.6 Å². The quantitative estimate of drug-likeness (QED) is 0.845. The maximum absolute atomic E-state index is 12.7. The third-order valence-electron chi connectivity index (χ3n) is 5.94. The Kier molecular flexibility index (Phi) is 3.34. The lowest BCUT2D eigenvalue weighted by Gasteiger charge is -2.45. The van der Waals surface area contributed by atoms with Gasteiger partial charge in [0.1, 0.15) is 0 Å². The molecule has 2 aromatic rings. The number of carbonyl (C=O) groups is 2. The first-order valence-corrected chi connectivity index (χ1v) is 9.08. The average Bonchev–Trinajstić information content (AvgIpc) is 3.13. The lowest BCUT2D eigenvalue weighted by Crippen LogP contribution is -2.49. The number of ether oxygens (including phenoxy) is 2. The second kappa shape index (κ2) is 5.54. The summed E-state index contributed by atoms with van der Waals surface area (Å²) in [6, 6.07) is 16.9. The SMILES string of the molecule is CCOC(=O)C1=C(c2ccccc2)C2C1C1OC2(C(=O)O)c2ccccc21. The zero-order chi connectivity index (χ0) is 18.8. The summed E-state index contributed by atoms with van der Waals surface area (Å²) in [6.07, 6.45) is -0.436. The van der Waals surface area contributed by atoms with E-state index in [2.05, 4.69) is 0 Å². The standard InChI is InChI=1S/C22H18O5/c1-2-26-20(23)16-15(12-8-4-3-5-9-12)18-17(16)19-13-10-6-7-11-14(13)22(18,27-19)21(24)25/h3-11,17-19H,2H2,1H3,(H,24,25). The molecule has 136 valence electrons. The molecule has 27 heavy (non-hydrogen) atoms. The van der Waals surface area contributed by atoms with E-state index >= 15 is 0 Å². The fourth-order valence-electron chi connectivity index (χ4n) is 5.00. The molecular formula is C22H18O5. The van der Waals surface area contributed by atoms with Crippen LogP contribution in [0, 0.1) is 11.8 Å². The number of fused-ring (bicyclic) bond motifs is 8. The topological polar surface area (TPSA) is 72.8 Å². The maximum Gasteiger partial charge on any atom is 0.341 e. The van der Waals surface area contributed by atoms with Gasteiger partial charge in [0.15, 0.2) is 5.60 Å². The molecule has 0 aromatic heterocycles. The molecule has 0 spiro atoms. The van der Waals surface area contributed by atoms with Crippen molar-refractivity contribution in [3.05, 3.63) is 76.9 Å². The highest BCUT2D eigenvalue weighted by atomic mass is 16.6. The highest BCUT2D eigenvalue weighted by Gasteiger charge is 2.73. The number of benzene rings is 2. The highest BCUT2D eigenvalue weighted by molar-refractivity contribution is 6.06. The fraction of sp³-hybridized carbons (Fsp3) is 0.273. The Balaban J connectivity index is 1.74. The number of hydrogen-bond acceptors (Lipinski definition) is 4. The molecule has 1 aliphatic carbocycles. The van der Waals surface area contributed by atoms with E-state index in [-0.39, 0.29) is 18.5 Å². The minimum absolute atomic E-state index is 0.272. The number of rotatable bonds is 4. The molecule has 4 unspecified atom stereocenters. The Morgan fingerprint density at radius 3 is 2.52 bits per heavy atom. The first-order valence-electron chi connectivity index (χ1n) is 9.08. The van der Waals surface area contributed by atoms with Gasteiger partial charge in [-0.2, -0.15) is 0 Å². The van der Waals surface area contributed by atoms with Gasteiger partial charge >= 0.3 is 11.9 Å². The summed E-state index contributed by atoms with van der Waals surface area (Å²) in [5, 5.41) is 10.2. The fourth-order valence-corrected chi connectivity index (χ4v) is 5.00. The van der Waals surface area contributed by atoms with Crippen molar-refractivity contribution in [2.45, 2.75) is 18.6 Å². The van der Waals surface area contributed by atoms with E-state index in [1.807, 2.05) is 54.6 Å². The summed E-state index contributed by atoms with van der Waals surface area (Å²) in [7, 11) is 0. The van der Waals surface area contributed by atoms with E-state index in [4.69, 9.17) is 9.47 Å². The molecule has 2 aliphatic heterocycles. The van der Waals surface area contributed by atoms with Crippen LogP contribution in [-0.4, -0.2) is 23.7 Å². The molecule has 1 fully saturated rings. The molecule has 0 amide bonds. The summed E-state index contributed by atoms with van der Waals surface area (Å²) in [5.41, 5.74) is 2.23. The Labute approximate surface area is 156 Å². The van der Waals surface area contributed by atoms with Crippen LogP contribution in [0.5, 0.6) is 0 Å². The second-order valence-corrected chi connectivity index (χ2v) is 7.08. The first kappa shape index (κ1) is 16.3. The van der Waals surface area contributed by atoms with Crippen LogP contribution in [0.3, 0.4) is 0 Å². The van der Waals surface area contributed by atoms with Crippen LogP contribution in [-0.2, 0) is 24.7 Å². The van der Waals surface area contributed by atoms with Crippen molar-refractivity contribution in [1.82, 2.24) is 0 Å². The minimum Gasteiger partial charge on any atom is -0.479 e.